The Kier molecular flexibility index (Phi) is 6.79. The van der Waals surface area contributed by atoms with Gasteiger partial charge in [-0.1, -0.05) is 13.3 Å². The highest BCUT2D eigenvalue weighted by atomic mass is 32.2. The van der Waals surface area contributed by atoms with E-state index in [1.165, 1.54) is 16.7 Å². The molecular weight excluding hydrogens is 316 g/mol. The summed E-state index contributed by atoms with van der Waals surface area (Å²) in [7, 11) is -3.36. The number of rotatable bonds is 6. The maximum Gasteiger partial charge on any atom is 0.318 e. The summed E-state index contributed by atoms with van der Waals surface area (Å²) in [4.78, 5) is 24.5. The van der Waals surface area contributed by atoms with Crippen molar-refractivity contribution in [2.24, 2.45) is 5.92 Å². The van der Waals surface area contributed by atoms with Gasteiger partial charge in [0.1, 0.15) is 5.37 Å². The van der Waals surface area contributed by atoms with E-state index >= 15 is 0 Å². The minimum atomic E-state index is -3.36. The summed E-state index contributed by atoms with van der Waals surface area (Å²) in [5, 5.41) is 10.8. The van der Waals surface area contributed by atoms with E-state index in [2.05, 4.69) is 5.32 Å². The van der Waals surface area contributed by atoms with Crippen LogP contribution in [0, 0.1) is 5.92 Å². The van der Waals surface area contributed by atoms with E-state index in [1.807, 2.05) is 6.92 Å². The molecule has 2 N–H and O–H groups in total. The van der Waals surface area contributed by atoms with Crippen LogP contribution in [0.25, 0.3) is 0 Å². The van der Waals surface area contributed by atoms with Crippen LogP contribution < -0.4 is 5.32 Å². The Balaban J connectivity index is 2.66. The topological polar surface area (TPSA) is 104 Å². The number of aliphatic carboxylic acids is 1. The molecule has 1 fully saturated rings. The molecule has 2 atom stereocenters. The lowest BCUT2D eigenvalue weighted by Crippen LogP contribution is -2.54. The van der Waals surface area contributed by atoms with Crippen LogP contribution in [0.2, 0.25) is 0 Å². The van der Waals surface area contributed by atoms with Gasteiger partial charge in [0, 0.05) is 30.9 Å². The first kappa shape index (κ1) is 18.1. The predicted octanol–water partition coefficient (Wildman–Crippen LogP) is 0.616. The van der Waals surface area contributed by atoms with Crippen LogP contribution in [-0.4, -0.2) is 66.6 Å². The fourth-order valence-electron chi connectivity index (χ4n) is 2.14. The van der Waals surface area contributed by atoms with Gasteiger partial charge in [-0.15, -0.1) is 0 Å². The molecule has 2 unspecified atom stereocenters. The van der Waals surface area contributed by atoms with Crippen LogP contribution in [0.4, 0.5) is 4.79 Å². The van der Waals surface area contributed by atoms with Gasteiger partial charge in [-0.2, -0.15) is 11.8 Å². The molecule has 0 aromatic carbocycles. The lowest BCUT2D eigenvalue weighted by atomic mass is 10.0. The number of hydrogen-bond donors (Lipinski definition) is 2. The fourth-order valence-corrected chi connectivity index (χ4v) is 4.96. The summed E-state index contributed by atoms with van der Waals surface area (Å²) in [5.41, 5.74) is 0. The number of carboxylic acid groups (broad SMARTS) is 1. The summed E-state index contributed by atoms with van der Waals surface area (Å²) in [6, 6.07) is -0.506. The van der Waals surface area contributed by atoms with Gasteiger partial charge in [-0.05, 0) is 6.42 Å². The molecule has 7 nitrogen and oxygen atoms in total. The highest BCUT2D eigenvalue weighted by molar-refractivity contribution is 8.00. The van der Waals surface area contributed by atoms with Crippen LogP contribution in [0.5, 0.6) is 0 Å². The number of carboxylic acids is 1. The van der Waals surface area contributed by atoms with Crippen LogP contribution in [0.15, 0.2) is 0 Å². The molecule has 122 valence electrons. The molecule has 2 amide bonds. The van der Waals surface area contributed by atoms with Gasteiger partial charge in [-0.25, -0.2) is 13.2 Å². The minimum absolute atomic E-state index is 0.0160. The minimum Gasteiger partial charge on any atom is -0.481 e. The number of amides is 2. The van der Waals surface area contributed by atoms with Crippen LogP contribution >= 0.6 is 11.8 Å². The van der Waals surface area contributed by atoms with Crippen molar-refractivity contribution in [3.63, 3.8) is 0 Å². The van der Waals surface area contributed by atoms with Gasteiger partial charge in [-0.3, -0.25) is 4.79 Å². The third kappa shape index (κ3) is 5.39. The van der Waals surface area contributed by atoms with Crippen LogP contribution in [0.3, 0.4) is 0 Å². The average molecular weight is 338 g/mol. The Morgan fingerprint density at radius 1 is 1.48 bits per heavy atom. The zero-order chi connectivity index (χ0) is 16.0. The lowest BCUT2D eigenvalue weighted by molar-refractivity contribution is -0.141. The van der Waals surface area contributed by atoms with Crippen molar-refractivity contribution in [3.05, 3.63) is 0 Å². The summed E-state index contributed by atoms with van der Waals surface area (Å²) in [6.07, 6.45) is 2.29. The van der Waals surface area contributed by atoms with Crippen molar-refractivity contribution >= 4 is 33.6 Å². The Labute approximate surface area is 129 Å². The van der Waals surface area contributed by atoms with Crippen molar-refractivity contribution < 1.29 is 23.1 Å². The van der Waals surface area contributed by atoms with Gasteiger partial charge >= 0.3 is 12.0 Å². The summed E-state index contributed by atoms with van der Waals surface area (Å²) < 4.78 is 23.4. The SMILES string of the molecule is CCCC(CNC(=O)N1CCSCC1S(C)(=O)=O)C(=O)O. The number of carbonyl (C=O) groups excluding carboxylic acids is 1. The number of nitrogens with zero attached hydrogens (tertiary/aromatic N) is 1. The molecule has 9 heteroatoms. The van der Waals surface area contributed by atoms with Gasteiger partial charge in [0.25, 0.3) is 0 Å². The number of carbonyl (C=O) groups is 2. The van der Waals surface area contributed by atoms with E-state index in [1.54, 1.807) is 0 Å². The van der Waals surface area contributed by atoms with E-state index < -0.39 is 33.1 Å². The van der Waals surface area contributed by atoms with Crippen molar-refractivity contribution in [2.75, 3.05) is 30.9 Å². The van der Waals surface area contributed by atoms with Gasteiger partial charge < -0.3 is 15.3 Å². The van der Waals surface area contributed by atoms with E-state index in [-0.39, 0.29) is 6.54 Å². The van der Waals surface area contributed by atoms with Crippen molar-refractivity contribution in [1.29, 1.82) is 0 Å². The predicted molar refractivity (Wildman–Crippen MR) is 82.1 cm³/mol. The normalized spacial score (nSPS) is 20.9. The second-order valence-electron chi connectivity index (χ2n) is 5.06. The summed E-state index contributed by atoms with van der Waals surface area (Å²) >= 11 is 1.49. The van der Waals surface area contributed by atoms with E-state index in [9.17, 15) is 18.0 Å². The molecule has 0 aromatic rings. The number of sulfone groups is 1. The molecule has 0 aromatic heterocycles. The van der Waals surface area contributed by atoms with Gasteiger partial charge in [0.2, 0.25) is 0 Å². The first-order chi connectivity index (χ1) is 9.77. The molecule has 0 saturated carbocycles. The molecule has 0 bridgehead atoms. The maximum absolute atomic E-state index is 12.1. The Morgan fingerprint density at radius 3 is 2.67 bits per heavy atom. The highest BCUT2D eigenvalue weighted by Gasteiger charge is 2.34. The lowest BCUT2D eigenvalue weighted by Gasteiger charge is -2.34. The Hall–Kier alpha value is -0.960. The molecular formula is C12H22N2O5S2. The number of nitrogens with one attached hydrogen (secondary N) is 1. The zero-order valence-corrected chi connectivity index (χ0v) is 13.9. The molecule has 1 rings (SSSR count). The second-order valence-corrected chi connectivity index (χ2v) is 8.42. The molecule has 1 heterocycles. The van der Waals surface area contributed by atoms with E-state index in [0.29, 0.717) is 30.9 Å². The van der Waals surface area contributed by atoms with Crippen molar-refractivity contribution in [1.82, 2.24) is 10.2 Å². The first-order valence-corrected chi connectivity index (χ1v) is 9.92. The summed E-state index contributed by atoms with van der Waals surface area (Å²) in [6.45, 7) is 2.24. The Morgan fingerprint density at radius 2 is 2.14 bits per heavy atom. The molecule has 21 heavy (non-hydrogen) atoms. The van der Waals surface area contributed by atoms with E-state index in [0.717, 1.165) is 6.26 Å². The molecule has 1 aliphatic heterocycles. The van der Waals surface area contributed by atoms with Crippen molar-refractivity contribution in [3.8, 4) is 0 Å². The zero-order valence-electron chi connectivity index (χ0n) is 12.2. The fraction of sp³-hybridized carbons (Fsp3) is 0.833. The number of hydrogen-bond acceptors (Lipinski definition) is 5. The van der Waals surface area contributed by atoms with Crippen molar-refractivity contribution in [2.45, 2.75) is 25.1 Å². The maximum atomic E-state index is 12.1. The average Bonchev–Trinajstić information content (AvgIpc) is 2.41. The highest BCUT2D eigenvalue weighted by Crippen LogP contribution is 2.20. The van der Waals surface area contributed by atoms with Gasteiger partial charge in [0.15, 0.2) is 9.84 Å². The largest absolute Gasteiger partial charge is 0.481 e. The third-order valence-corrected chi connectivity index (χ3v) is 5.97. The van der Waals surface area contributed by atoms with E-state index in [4.69, 9.17) is 5.11 Å². The van der Waals surface area contributed by atoms with Gasteiger partial charge in [0.05, 0.1) is 5.92 Å². The first-order valence-electron chi connectivity index (χ1n) is 6.81. The Bertz CT molecular complexity index is 480. The third-order valence-electron chi connectivity index (χ3n) is 3.33. The quantitative estimate of drug-likeness (QED) is 0.736. The number of urea groups is 1. The molecule has 0 aliphatic carbocycles. The standard InChI is InChI=1S/C12H22N2O5S2/c1-3-4-9(11(15)16)7-13-12(17)14-5-6-20-8-10(14)21(2,18)19/h9-10H,3-8H2,1-2H3,(H,13,17)(H,15,16). The molecule has 0 spiro atoms. The van der Waals surface area contributed by atoms with Crippen LogP contribution in [0.1, 0.15) is 19.8 Å². The van der Waals surface area contributed by atoms with Crippen LogP contribution in [-0.2, 0) is 14.6 Å². The molecule has 1 aliphatic rings. The molecule has 0 radical (unpaired) electrons. The second kappa shape index (κ2) is 7.88. The number of thioether (sulfide) groups is 1. The molecule has 1 saturated heterocycles. The smallest absolute Gasteiger partial charge is 0.318 e. The summed E-state index contributed by atoms with van der Waals surface area (Å²) in [5.74, 6) is -0.568. The monoisotopic (exact) mass is 338 g/mol.